The standard InChI is InChI=1S/C19H24Cl2N2O2/c1-12(16-10-13-4-5-14(16)9-13)22-23-19(24)3-2-8-25-18-7-6-15(20)11-17(18)21/h6-7,11,13-14,16H,2-5,8-10H2,1H3,(H,23,24)/b22-12-/t13-,14+,16+/m0/s1. The van der Waals surface area contributed by atoms with Gasteiger partial charge in [0, 0.05) is 23.1 Å². The average Bonchev–Trinajstić information content (AvgIpc) is 3.21. The van der Waals surface area contributed by atoms with Gasteiger partial charge in [-0.1, -0.05) is 29.6 Å². The van der Waals surface area contributed by atoms with Crippen molar-refractivity contribution in [3.8, 4) is 5.75 Å². The van der Waals surface area contributed by atoms with E-state index in [0.717, 1.165) is 17.5 Å². The molecule has 2 aliphatic carbocycles. The number of fused-ring (bicyclic) bond motifs is 2. The van der Waals surface area contributed by atoms with Crippen LogP contribution in [0, 0.1) is 17.8 Å². The number of benzene rings is 1. The molecule has 0 radical (unpaired) electrons. The summed E-state index contributed by atoms with van der Waals surface area (Å²) in [4.78, 5) is 11.9. The fraction of sp³-hybridized carbons (Fsp3) is 0.579. The molecule has 0 heterocycles. The first kappa shape index (κ1) is 18.5. The molecule has 2 aliphatic rings. The van der Waals surface area contributed by atoms with Crippen molar-refractivity contribution >= 4 is 34.8 Å². The number of carbonyl (C=O) groups excluding carboxylic acids is 1. The summed E-state index contributed by atoms with van der Waals surface area (Å²) >= 11 is 11.9. The van der Waals surface area contributed by atoms with Crippen LogP contribution < -0.4 is 10.2 Å². The van der Waals surface area contributed by atoms with Crippen molar-refractivity contribution in [2.45, 2.75) is 45.4 Å². The van der Waals surface area contributed by atoms with Crippen LogP contribution in [0.5, 0.6) is 5.75 Å². The van der Waals surface area contributed by atoms with Crippen LogP contribution >= 0.6 is 23.2 Å². The van der Waals surface area contributed by atoms with Gasteiger partial charge in [-0.3, -0.25) is 4.79 Å². The van der Waals surface area contributed by atoms with E-state index in [4.69, 9.17) is 27.9 Å². The van der Waals surface area contributed by atoms with Crippen molar-refractivity contribution in [2.75, 3.05) is 6.61 Å². The molecule has 4 nitrogen and oxygen atoms in total. The van der Waals surface area contributed by atoms with Crippen molar-refractivity contribution in [3.05, 3.63) is 28.2 Å². The Hall–Kier alpha value is -1.26. The highest BCUT2D eigenvalue weighted by Crippen LogP contribution is 2.48. The highest BCUT2D eigenvalue weighted by Gasteiger charge is 2.40. The Balaban J connectivity index is 1.36. The van der Waals surface area contributed by atoms with Crippen LogP contribution in [-0.2, 0) is 4.79 Å². The largest absolute Gasteiger partial charge is 0.492 e. The van der Waals surface area contributed by atoms with Crippen molar-refractivity contribution in [2.24, 2.45) is 22.9 Å². The summed E-state index contributed by atoms with van der Waals surface area (Å²) in [5.74, 6) is 2.73. The number of rotatable bonds is 7. The number of hydrazone groups is 1. The fourth-order valence-corrected chi connectivity index (χ4v) is 4.52. The summed E-state index contributed by atoms with van der Waals surface area (Å²) in [5, 5.41) is 5.37. The average molecular weight is 383 g/mol. The Kier molecular flexibility index (Phi) is 6.24. The second-order valence-electron chi connectivity index (χ2n) is 7.10. The van der Waals surface area contributed by atoms with Gasteiger partial charge >= 0.3 is 0 Å². The topological polar surface area (TPSA) is 50.7 Å². The maximum Gasteiger partial charge on any atom is 0.240 e. The summed E-state index contributed by atoms with van der Waals surface area (Å²) in [7, 11) is 0. The highest BCUT2D eigenvalue weighted by molar-refractivity contribution is 6.35. The minimum absolute atomic E-state index is 0.0756. The van der Waals surface area contributed by atoms with Crippen LogP contribution in [0.25, 0.3) is 0 Å². The van der Waals surface area contributed by atoms with Gasteiger partial charge in [0.1, 0.15) is 5.75 Å². The minimum atomic E-state index is -0.0756. The first-order chi connectivity index (χ1) is 12.0. The third-order valence-electron chi connectivity index (χ3n) is 5.33. The lowest BCUT2D eigenvalue weighted by molar-refractivity contribution is -0.121. The molecule has 6 heteroatoms. The smallest absolute Gasteiger partial charge is 0.240 e. The van der Waals surface area contributed by atoms with E-state index in [2.05, 4.69) is 10.5 Å². The van der Waals surface area contributed by atoms with E-state index in [1.54, 1.807) is 18.2 Å². The van der Waals surface area contributed by atoms with E-state index in [1.165, 1.54) is 25.7 Å². The van der Waals surface area contributed by atoms with Gasteiger partial charge in [0.15, 0.2) is 0 Å². The molecule has 2 saturated carbocycles. The third-order valence-corrected chi connectivity index (χ3v) is 5.86. The molecule has 136 valence electrons. The molecule has 0 aliphatic heterocycles. The maximum atomic E-state index is 11.9. The van der Waals surface area contributed by atoms with E-state index < -0.39 is 0 Å². The van der Waals surface area contributed by atoms with E-state index in [9.17, 15) is 4.79 Å². The Morgan fingerprint density at radius 2 is 2.16 bits per heavy atom. The zero-order chi connectivity index (χ0) is 17.8. The monoisotopic (exact) mass is 382 g/mol. The summed E-state index contributed by atoms with van der Waals surface area (Å²) in [6, 6.07) is 5.09. The van der Waals surface area contributed by atoms with Crippen molar-refractivity contribution in [1.82, 2.24) is 5.43 Å². The molecular weight excluding hydrogens is 359 g/mol. The summed E-state index contributed by atoms with van der Waals surface area (Å²) in [6.45, 7) is 2.46. The van der Waals surface area contributed by atoms with Crippen LogP contribution in [0.15, 0.2) is 23.3 Å². The number of nitrogens with one attached hydrogen (secondary N) is 1. The summed E-state index contributed by atoms with van der Waals surface area (Å²) in [5.41, 5.74) is 3.76. The maximum absolute atomic E-state index is 11.9. The Labute approximate surface area is 158 Å². The van der Waals surface area contributed by atoms with Gasteiger partial charge < -0.3 is 4.74 Å². The molecule has 2 fully saturated rings. The van der Waals surface area contributed by atoms with Crippen LogP contribution in [0.3, 0.4) is 0 Å². The molecule has 1 amide bonds. The number of nitrogens with zero attached hydrogens (tertiary/aromatic N) is 1. The van der Waals surface area contributed by atoms with Gasteiger partial charge in [-0.25, -0.2) is 5.43 Å². The zero-order valence-corrected chi connectivity index (χ0v) is 15.9. The van der Waals surface area contributed by atoms with Crippen LogP contribution in [-0.4, -0.2) is 18.2 Å². The van der Waals surface area contributed by atoms with Gasteiger partial charge in [0.25, 0.3) is 0 Å². The fourth-order valence-electron chi connectivity index (χ4n) is 4.05. The number of hydrogen-bond donors (Lipinski definition) is 1. The lowest BCUT2D eigenvalue weighted by atomic mass is 9.86. The molecule has 1 aromatic carbocycles. The van der Waals surface area contributed by atoms with E-state index in [0.29, 0.717) is 41.2 Å². The normalized spacial score (nSPS) is 25.2. The van der Waals surface area contributed by atoms with Crippen molar-refractivity contribution < 1.29 is 9.53 Å². The highest BCUT2D eigenvalue weighted by atomic mass is 35.5. The first-order valence-electron chi connectivity index (χ1n) is 8.94. The Morgan fingerprint density at radius 3 is 2.84 bits per heavy atom. The second kappa shape index (κ2) is 8.41. The van der Waals surface area contributed by atoms with Gasteiger partial charge in [-0.2, -0.15) is 5.10 Å². The van der Waals surface area contributed by atoms with Gasteiger partial charge in [-0.05, 0) is 62.6 Å². The molecule has 3 atom stereocenters. The lowest BCUT2D eigenvalue weighted by Crippen LogP contribution is -2.24. The van der Waals surface area contributed by atoms with Gasteiger partial charge in [0.2, 0.25) is 5.91 Å². The van der Waals surface area contributed by atoms with Crippen LogP contribution in [0.4, 0.5) is 0 Å². The van der Waals surface area contributed by atoms with Gasteiger partial charge in [0.05, 0.1) is 11.6 Å². The van der Waals surface area contributed by atoms with Crippen LogP contribution in [0.2, 0.25) is 10.0 Å². The molecule has 0 aromatic heterocycles. The molecule has 3 rings (SSSR count). The molecular formula is C19H24Cl2N2O2. The van der Waals surface area contributed by atoms with Gasteiger partial charge in [-0.15, -0.1) is 0 Å². The van der Waals surface area contributed by atoms with Crippen molar-refractivity contribution in [1.29, 1.82) is 0 Å². The van der Waals surface area contributed by atoms with Crippen molar-refractivity contribution in [3.63, 3.8) is 0 Å². The van der Waals surface area contributed by atoms with E-state index in [1.807, 2.05) is 6.92 Å². The number of amides is 1. The predicted octanol–water partition coefficient (Wildman–Crippen LogP) is 5.08. The molecule has 25 heavy (non-hydrogen) atoms. The molecule has 0 saturated heterocycles. The zero-order valence-electron chi connectivity index (χ0n) is 14.4. The SMILES string of the molecule is C/C(=N/NC(=O)CCCOc1ccc(Cl)cc1Cl)[C@H]1C[C@H]2CC[C@@H]1C2. The number of ether oxygens (including phenoxy) is 1. The first-order valence-corrected chi connectivity index (χ1v) is 9.69. The summed E-state index contributed by atoms with van der Waals surface area (Å²) < 4.78 is 5.58. The molecule has 1 N–H and O–H groups in total. The second-order valence-corrected chi connectivity index (χ2v) is 7.94. The summed E-state index contributed by atoms with van der Waals surface area (Å²) in [6.07, 6.45) is 6.26. The number of halogens is 2. The lowest BCUT2D eigenvalue weighted by Gasteiger charge is -2.21. The number of carbonyl (C=O) groups is 1. The third kappa shape index (κ3) is 4.89. The minimum Gasteiger partial charge on any atom is -0.492 e. The quantitative estimate of drug-likeness (QED) is 0.406. The predicted molar refractivity (Wildman–Crippen MR) is 101 cm³/mol. The molecule has 0 spiro atoms. The molecule has 0 unspecified atom stereocenters. The van der Waals surface area contributed by atoms with E-state index >= 15 is 0 Å². The molecule has 1 aromatic rings. The Morgan fingerprint density at radius 1 is 1.32 bits per heavy atom. The van der Waals surface area contributed by atoms with E-state index in [-0.39, 0.29) is 5.91 Å². The molecule has 2 bridgehead atoms. The Bertz CT molecular complexity index is 663. The van der Waals surface area contributed by atoms with Crippen LogP contribution in [0.1, 0.15) is 45.4 Å². The number of hydrogen-bond acceptors (Lipinski definition) is 3.